The monoisotopic (exact) mass is 298 g/mol. The van der Waals surface area contributed by atoms with Crippen LogP contribution in [0.15, 0.2) is 54.6 Å². The van der Waals surface area contributed by atoms with Crippen molar-refractivity contribution in [3.8, 4) is 0 Å². The van der Waals surface area contributed by atoms with Crippen molar-refractivity contribution >= 4 is 5.91 Å². The lowest BCUT2D eigenvalue weighted by molar-refractivity contribution is -0.120. The number of hydrogen-bond acceptors (Lipinski definition) is 3. The van der Waals surface area contributed by atoms with E-state index in [1.807, 2.05) is 61.5 Å². The number of primary amides is 1. The number of nitrogens with one attached hydrogen (secondary N) is 1. The SMILES string of the molecule is CCOCc1ccccc1CNC(C(N)=O)c1ccccc1. The zero-order valence-electron chi connectivity index (χ0n) is 12.8. The van der Waals surface area contributed by atoms with Gasteiger partial charge >= 0.3 is 0 Å². The zero-order chi connectivity index (χ0) is 15.8. The predicted octanol–water partition coefficient (Wildman–Crippen LogP) is 2.54. The Hall–Kier alpha value is -2.17. The van der Waals surface area contributed by atoms with Crippen LogP contribution in [0.5, 0.6) is 0 Å². The third-order valence-corrected chi connectivity index (χ3v) is 3.49. The first-order chi connectivity index (χ1) is 10.7. The molecule has 0 radical (unpaired) electrons. The maximum Gasteiger partial charge on any atom is 0.239 e. The standard InChI is InChI=1S/C18H22N2O2/c1-2-22-13-16-11-7-6-10-15(16)12-20-17(18(19)21)14-8-4-3-5-9-14/h3-11,17,20H,2,12-13H2,1H3,(H2,19,21). The van der Waals surface area contributed by atoms with E-state index in [0.29, 0.717) is 19.8 Å². The quantitative estimate of drug-likeness (QED) is 0.787. The maximum atomic E-state index is 11.7. The van der Waals surface area contributed by atoms with Crippen molar-refractivity contribution in [2.24, 2.45) is 5.73 Å². The Kier molecular flexibility index (Phi) is 6.13. The normalized spacial score (nSPS) is 12.0. The molecule has 0 aromatic heterocycles. The van der Waals surface area contributed by atoms with Gasteiger partial charge in [0.1, 0.15) is 6.04 Å². The minimum absolute atomic E-state index is 0.381. The van der Waals surface area contributed by atoms with E-state index in [0.717, 1.165) is 16.7 Å². The average Bonchev–Trinajstić information content (AvgIpc) is 2.55. The van der Waals surface area contributed by atoms with Crippen molar-refractivity contribution in [2.45, 2.75) is 26.1 Å². The third-order valence-electron chi connectivity index (χ3n) is 3.49. The highest BCUT2D eigenvalue weighted by molar-refractivity contribution is 5.81. The molecule has 0 aliphatic heterocycles. The summed E-state index contributed by atoms with van der Waals surface area (Å²) >= 11 is 0. The third kappa shape index (κ3) is 4.41. The van der Waals surface area contributed by atoms with Gasteiger partial charge in [-0.25, -0.2) is 0 Å². The molecule has 1 amide bonds. The second kappa shape index (κ2) is 8.32. The first kappa shape index (κ1) is 16.2. The predicted molar refractivity (Wildman–Crippen MR) is 87.0 cm³/mol. The molecule has 0 aliphatic carbocycles. The van der Waals surface area contributed by atoms with Crippen molar-refractivity contribution in [3.05, 3.63) is 71.3 Å². The van der Waals surface area contributed by atoms with Gasteiger partial charge in [-0.2, -0.15) is 0 Å². The average molecular weight is 298 g/mol. The van der Waals surface area contributed by atoms with Gasteiger partial charge in [-0.05, 0) is 23.6 Å². The topological polar surface area (TPSA) is 64.3 Å². The van der Waals surface area contributed by atoms with Gasteiger partial charge in [-0.1, -0.05) is 54.6 Å². The minimum Gasteiger partial charge on any atom is -0.377 e. The number of rotatable bonds is 8. The lowest BCUT2D eigenvalue weighted by atomic mass is 10.0. The van der Waals surface area contributed by atoms with Crippen LogP contribution in [-0.2, 0) is 22.7 Å². The smallest absolute Gasteiger partial charge is 0.239 e. The summed E-state index contributed by atoms with van der Waals surface area (Å²) in [7, 11) is 0. The molecule has 2 rings (SSSR count). The fourth-order valence-corrected chi connectivity index (χ4v) is 2.32. The minimum atomic E-state index is -0.499. The van der Waals surface area contributed by atoms with Gasteiger partial charge in [0.05, 0.1) is 6.61 Å². The summed E-state index contributed by atoms with van der Waals surface area (Å²) in [4.78, 5) is 11.7. The summed E-state index contributed by atoms with van der Waals surface area (Å²) in [5, 5.41) is 3.24. The van der Waals surface area contributed by atoms with Crippen LogP contribution in [-0.4, -0.2) is 12.5 Å². The first-order valence-corrected chi connectivity index (χ1v) is 7.44. The van der Waals surface area contributed by atoms with E-state index in [1.54, 1.807) is 0 Å². The molecule has 2 aromatic rings. The van der Waals surface area contributed by atoms with Gasteiger partial charge in [0.25, 0.3) is 0 Å². The molecule has 0 saturated heterocycles. The van der Waals surface area contributed by atoms with E-state index in [4.69, 9.17) is 10.5 Å². The van der Waals surface area contributed by atoms with Crippen molar-refractivity contribution in [2.75, 3.05) is 6.61 Å². The lowest BCUT2D eigenvalue weighted by Crippen LogP contribution is -2.33. The number of hydrogen-bond donors (Lipinski definition) is 2. The van der Waals surface area contributed by atoms with Crippen molar-refractivity contribution in [1.29, 1.82) is 0 Å². The van der Waals surface area contributed by atoms with Gasteiger partial charge < -0.3 is 10.5 Å². The van der Waals surface area contributed by atoms with Crippen LogP contribution in [0, 0.1) is 0 Å². The van der Waals surface area contributed by atoms with Gasteiger partial charge in [0.2, 0.25) is 5.91 Å². The van der Waals surface area contributed by atoms with Crippen LogP contribution in [0.4, 0.5) is 0 Å². The van der Waals surface area contributed by atoms with E-state index >= 15 is 0 Å². The molecule has 0 fully saturated rings. The fourth-order valence-electron chi connectivity index (χ4n) is 2.32. The second-order valence-corrected chi connectivity index (χ2v) is 5.03. The molecule has 22 heavy (non-hydrogen) atoms. The Morgan fingerprint density at radius 3 is 2.36 bits per heavy atom. The second-order valence-electron chi connectivity index (χ2n) is 5.03. The lowest BCUT2D eigenvalue weighted by Gasteiger charge is -2.17. The first-order valence-electron chi connectivity index (χ1n) is 7.44. The summed E-state index contributed by atoms with van der Waals surface area (Å²) in [5.74, 6) is -0.381. The largest absolute Gasteiger partial charge is 0.377 e. The number of carbonyl (C=O) groups is 1. The molecule has 1 unspecified atom stereocenters. The van der Waals surface area contributed by atoms with E-state index in [2.05, 4.69) is 5.32 Å². The Labute approximate surface area is 131 Å². The number of nitrogens with two attached hydrogens (primary N) is 1. The molecule has 3 N–H and O–H groups in total. The number of carbonyl (C=O) groups excluding carboxylic acids is 1. The molecule has 116 valence electrons. The van der Waals surface area contributed by atoms with Crippen LogP contribution in [0.3, 0.4) is 0 Å². The maximum absolute atomic E-state index is 11.7. The molecule has 0 aliphatic rings. The molecule has 0 bridgehead atoms. The summed E-state index contributed by atoms with van der Waals surface area (Å²) < 4.78 is 5.48. The number of amides is 1. The van der Waals surface area contributed by atoms with Crippen LogP contribution < -0.4 is 11.1 Å². The van der Waals surface area contributed by atoms with Gasteiger partial charge in [0.15, 0.2) is 0 Å². The highest BCUT2D eigenvalue weighted by Crippen LogP contribution is 2.15. The molecule has 4 heteroatoms. The highest BCUT2D eigenvalue weighted by atomic mass is 16.5. The van der Waals surface area contributed by atoms with E-state index < -0.39 is 6.04 Å². The Morgan fingerprint density at radius 2 is 1.73 bits per heavy atom. The summed E-state index contributed by atoms with van der Waals surface area (Å²) in [5.41, 5.74) is 8.63. The molecule has 0 saturated carbocycles. The van der Waals surface area contributed by atoms with E-state index in [9.17, 15) is 4.79 Å². The summed E-state index contributed by atoms with van der Waals surface area (Å²) in [6, 6.07) is 17.0. The summed E-state index contributed by atoms with van der Waals surface area (Å²) in [6.07, 6.45) is 0. The molecule has 2 aromatic carbocycles. The zero-order valence-corrected chi connectivity index (χ0v) is 12.8. The Bertz CT molecular complexity index is 599. The molecule has 0 heterocycles. The van der Waals surface area contributed by atoms with Crippen LogP contribution in [0.1, 0.15) is 29.7 Å². The molecular formula is C18H22N2O2. The van der Waals surface area contributed by atoms with Crippen LogP contribution in [0.25, 0.3) is 0 Å². The van der Waals surface area contributed by atoms with E-state index in [-0.39, 0.29) is 5.91 Å². The fraction of sp³-hybridized carbons (Fsp3) is 0.278. The molecule has 1 atom stereocenters. The van der Waals surface area contributed by atoms with Gasteiger partial charge in [0, 0.05) is 13.2 Å². The van der Waals surface area contributed by atoms with Crippen molar-refractivity contribution < 1.29 is 9.53 Å². The number of ether oxygens (including phenoxy) is 1. The van der Waals surface area contributed by atoms with Gasteiger partial charge in [-0.15, -0.1) is 0 Å². The van der Waals surface area contributed by atoms with Gasteiger partial charge in [-0.3, -0.25) is 10.1 Å². The van der Waals surface area contributed by atoms with Crippen molar-refractivity contribution in [1.82, 2.24) is 5.32 Å². The summed E-state index contributed by atoms with van der Waals surface area (Å²) in [6.45, 7) is 3.78. The number of benzene rings is 2. The molecular weight excluding hydrogens is 276 g/mol. The highest BCUT2D eigenvalue weighted by Gasteiger charge is 2.17. The van der Waals surface area contributed by atoms with Crippen LogP contribution >= 0.6 is 0 Å². The molecule has 4 nitrogen and oxygen atoms in total. The Balaban J connectivity index is 2.09. The molecule has 0 spiro atoms. The van der Waals surface area contributed by atoms with Crippen LogP contribution in [0.2, 0.25) is 0 Å². The Morgan fingerprint density at radius 1 is 1.09 bits per heavy atom. The van der Waals surface area contributed by atoms with E-state index in [1.165, 1.54) is 0 Å². The van der Waals surface area contributed by atoms with Crippen molar-refractivity contribution in [3.63, 3.8) is 0 Å².